The quantitative estimate of drug-likeness (QED) is 0.748. The lowest BCUT2D eigenvalue weighted by Gasteiger charge is -2.21. The lowest BCUT2D eigenvalue weighted by atomic mass is 9.98. The Balaban J connectivity index is 1.78. The molecule has 0 aromatic carbocycles. The van der Waals surface area contributed by atoms with Gasteiger partial charge < -0.3 is 10.1 Å². The van der Waals surface area contributed by atoms with Gasteiger partial charge in [0.2, 0.25) is 0 Å². The zero-order valence-electron chi connectivity index (χ0n) is 12.3. The van der Waals surface area contributed by atoms with Crippen LogP contribution in [0.25, 0.3) is 0 Å². The summed E-state index contributed by atoms with van der Waals surface area (Å²) in [6.07, 6.45) is 8.31. The molecule has 1 aromatic rings. The summed E-state index contributed by atoms with van der Waals surface area (Å²) in [7, 11) is 0. The van der Waals surface area contributed by atoms with Crippen LogP contribution in [-0.4, -0.2) is 12.6 Å². The molecule has 108 valence electrons. The largest absolute Gasteiger partial charge is 0.374 e. The summed E-state index contributed by atoms with van der Waals surface area (Å²) in [5, 5.41) is 3.47. The molecular weight excluding hydrogens is 254 g/mol. The highest BCUT2D eigenvalue weighted by atomic mass is 32.1. The van der Waals surface area contributed by atoms with Crippen LogP contribution in [0.4, 0.5) is 0 Å². The zero-order valence-corrected chi connectivity index (χ0v) is 13.2. The molecule has 0 bridgehead atoms. The van der Waals surface area contributed by atoms with E-state index in [1.165, 1.54) is 53.8 Å². The van der Waals surface area contributed by atoms with Gasteiger partial charge in [0.05, 0.1) is 12.7 Å². The first kappa shape index (κ1) is 15.0. The Labute approximate surface area is 121 Å². The third-order valence-electron chi connectivity index (χ3n) is 3.82. The molecule has 0 aliphatic heterocycles. The molecule has 1 fully saturated rings. The van der Waals surface area contributed by atoms with Crippen LogP contribution < -0.4 is 5.32 Å². The molecule has 1 saturated carbocycles. The van der Waals surface area contributed by atoms with Crippen LogP contribution in [0.2, 0.25) is 0 Å². The maximum absolute atomic E-state index is 6.08. The fraction of sp³-hybridized carbons (Fsp3) is 0.750. The predicted molar refractivity (Wildman–Crippen MR) is 82.7 cm³/mol. The Kier molecular flexibility index (Phi) is 6.35. The molecule has 0 spiro atoms. The van der Waals surface area contributed by atoms with E-state index in [2.05, 4.69) is 25.2 Å². The second-order valence-corrected chi connectivity index (χ2v) is 6.88. The van der Waals surface area contributed by atoms with Gasteiger partial charge in [0.15, 0.2) is 0 Å². The van der Waals surface area contributed by atoms with Gasteiger partial charge in [-0.1, -0.05) is 26.2 Å². The molecule has 3 heteroatoms. The van der Waals surface area contributed by atoms with Gasteiger partial charge in [-0.3, -0.25) is 0 Å². The molecule has 0 unspecified atom stereocenters. The summed E-state index contributed by atoms with van der Waals surface area (Å²) < 4.78 is 6.08. The highest BCUT2D eigenvalue weighted by molar-refractivity contribution is 7.12. The van der Waals surface area contributed by atoms with Gasteiger partial charge in [0.25, 0.3) is 0 Å². The summed E-state index contributed by atoms with van der Waals surface area (Å²) in [4.78, 5) is 2.86. The van der Waals surface area contributed by atoms with Crippen LogP contribution in [0.15, 0.2) is 6.07 Å². The second-order valence-electron chi connectivity index (χ2n) is 5.54. The average Bonchev–Trinajstić information content (AvgIpc) is 2.78. The fourth-order valence-corrected chi connectivity index (χ4v) is 3.66. The molecule has 2 nitrogen and oxygen atoms in total. The van der Waals surface area contributed by atoms with Crippen molar-refractivity contribution in [2.45, 2.75) is 71.6 Å². The van der Waals surface area contributed by atoms with Gasteiger partial charge in [-0.25, -0.2) is 0 Å². The maximum Gasteiger partial charge on any atom is 0.0731 e. The van der Waals surface area contributed by atoms with Gasteiger partial charge >= 0.3 is 0 Å². The smallest absolute Gasteiger partial charge is 0.0731 e. The lowest BCUT2D eigenvalue weighted by Crippen LogP contribution is -2.16. The lowest BCUT2D eigenvalue weighted by molar-refractivity contribution is 0.0168. The Morgan fingerprint density at radius 2 is 2.11 bits per heavy atom. The van der Waals surface area contributed by atoms with Crippen molar-refractivity contribution in [2.24, 2.45) is 0 Å². The molecule has 0 radical (unpaired) electrons. The predicted octanol–water partition coefficient (Wildman–Crippen LogP) is 4.41. The average molecular weight is 281 g/mol. The van der Waals surface area contributed by atoms with E-state index < -0.39 is 0 Å². The first-order valence-corrected chi connectivity index (χ1v) is 8.51. The minimum atomic E-state index is 0.509. The number of rotatable bonds is 7. The Bertz CT molecular complexity index is 369. The highest BCUT2D eigenvalue weighted by Gasteiger charge is 2.14. The van der Waals surface area contributed by atoms with Gasteiger partial charge in [-0.2, -0.15) is 0 Å². The first-order chi connectivity index (χ1) is 9.29. The topological polar surface area (TPSA) is 21.3 Å². The minimum Gasteiger partial charge on any atom is -0.374 e. The van der Waals surface area contributed by atoms with E-state index in [1.807, 2.05) is 11.3 Å². The highest BCUT2D eigenvalue weighted by Crippen LogP contribution is 2.25. The molecule has 0 saturated heterocycles. The number of aryl methyl sites for hydroxylation is 1. The molecule has 1 N–H and O–H groups in total. The van der Waals surface area contributed by atoms with Crippen LogP contribution >= 0.6 is 11.3 Å². The van der Waals surface area contributed by atoms with Crippen molar-refractivity contribution in [3.63, 3.8) is 0 Å². The van der Waals surface area contributed by atoms with E-state index in [-0.39, 0.29) is 0 Å². The number of ether oxygens (including phenoxy) is 1. The summed E-state index contributed by atoms with van der Waals surface area (Å²) in [5.41, 5.74) is 1.39. The van der Waals surface area contributed by atoms with E-state index in [9.17, 15) is 0 Å². The van der Waals surface area contributed by atoms with Crippen molar-refractivity contribution in [3.05, 3.63) is 21.4 Å². The molecule has 19 heavy (non-hydrogen) atoms. The molecular formula is C16H27NOS. The SMILES string of the molecule is CCCNCc1cc(COC2CCCCC2)c(C)s1. The number of nitrogens with one attached hydrogen (secondary N) is 1. The molecule has 0 amide bonds. The van der Waals surface area contributed by atoms with Gasteiger partial charge in [-0.05, 0) is 44.4 Å². The Morgan fingerprint density at radius 1 is 1.32 bits per heavy atom. The van der Waals surface area contributed by atoms with Gasteiger partial charge in [-0.15, -0.1) is 11.3 Å². The number of hydrogen-bond acceptors (Lipinski definition) is 3. The van der Waals surface area contributed by atoms with E-state index in [1.54, 1.807) is 0 Å². The van der Waals surface area contributed by atoms with Crippen molar-refractivity contribution >= 4 is 11.3 Å². The molecule has 2 rings (SSSR count). The zero-order chi connectivity index (χ0) is 13.5. The second kappa shape index (κ2) is 8.03. The van der Waals surface area contributed by atoms with E-state index >= 15 is 0 Å². The van der Waals surface area contributed by atoms with Gasteiger partial charge in [0, 0.05) is 16.3 Å². The molecule has 1 heterocycles. The molecule has 1 aromatic heterocycles. The molecule has 0 atom stereocenters. The van der Waals surface area contributed by atoms with Crippen molar-refractivity contribution in [1.29, 1.82) is 0 Å². The summed E-state index contributed by atoms with van der Waals surface area (Å²) in [5.74, 6) is 0. The summed E-state index contributed by atoms with van der Waals surface area (Å²) in [6, 6.07) is 2.32. The van der Waals surface area contributed by atoms with Crippen LogP contribution in [0.5, 0.6) is 0 Å². The van der Waals surface area contributed by atoms with E-state index in [0.29, 0.717) is 6.10 Å². The minimum absolute atomic E-state index is 0.509. The molecule has 1 aliphatic rings. The maximum atomic E-state index is 6.08. The Hall–Kier alpha value is -0.380. The third-order valence-corrected chi connectivity index (χ3v) is 4.92. The monoisotopic (exact) mass is 281 g/mol. The number of hydrogen-bond donors (Lipinski definition) is 1. The number of thiophene rings is 1. The summed E-state index contributed by atoms with van der Waals surface area (Å²) in [6.45, 7) is 7.33. The van der Waals surface area contributed by atoms with Crippen molar-refractivity contribution in [2.75, 3.05) is 6.54 Å². The van der Waals surface area contributed by atoms with E-state index in [0.717, 1.165) is 19.7 Å². The van der Waals surface area contributed by atoms with Crippen LogP contribution in [-0.2, 0) is 17.9 Å². The Morgan fingerprint density at radius 3 is 2.84 bits per heavy atom. The first-order valence-electron chi connectivity index (χ1n) is 7.70. The van der Waals surface area contributed by atoms with Crippen molar-refractivity contribution in [3.8, 4) is 0 Å². The van der Waals surface area contributed by atoms with Crippen LogP contribution in [0.3, 0.4) is 0 Å². The molecule has 1 aliphatic carbocycles. The van der Waals surface area contributed by atoms with E-state index in [4.69, 9.17) is 4.74 Å². The summed E-state index contributed by atoms with van der Waals surface area (Å²) >= 11 is 1.91. The van der Waals surface area contributed by atoms with Crippen molar-refractivity contribution in [1.82, 2.24) is 5.32 Å². The van der Waals surface area contributed by atoms with Gasteiger partial charge in [0.1, 0.15) is 0 Å². The van der Waals surface area contributed by atoms with Crippen LogP contribution in [0.1, 0.15) is 60.8 Å². The standard InChI is InChI=1S/C16H27NOS/c1-3-9-17-11-16-10-14(13(2)19-16)12-18-15-7-5-4-6-8-15/h10,15,17H,3-9,11-12H2,1-2H3. The third kappa shape index (κ3) is 4.90. The van der Waals surface area contributed by atoms with Crippen molar-refractivity contribution < 1.29 is 4.74 Å². The van der Waals surface area contributed by atoms with Crippen LogP contribution in [0, 0.1) is 6.92 Å². The normalized spacial score (nSPS) is 16.9. The fourth-order valence-electron chi connectivity index (χ4n) is 2.65.